The predicted octanol–water partition coefficient (Wildman–Crippen LogP) is 1.93. The van der Waals surface area contributed by atoms with Gasteiger partial charge in [0.2, 0.25) is 0 Å². The maximum atomic E-state index is 12.8. The highest BCUT2D eigenvalue weighted by Gasteiger charge is 2.22. The topological polar surface area (TPSA) is 86.7 Å². The summed E-state index contributed by atoms with van der Waals surface area (Å²) in [6, 6.07) is 12.6. The molecule has 134 valence electrons. The quantitative estimate of drug-likeness (QED) is 0.822. The first-order chi connectivity index (χ1) is 11.8. The highest BCUT2D eigenvalue weighted by molar-refractivity contribution is 7.92. The Bertz CT molecular complexity index is 848. The van der Waals surface area contributed by atoms with Crippen molar-refractivity contribution in [3.63, 3.8) is 0 Å². The summed E-state index contributed by atoms with van der Waals surface area (Å²) < 4.78 is 26.8. The Morgan fingerprint density at radius 3 is 2.44 bits per heavy atom. The summed E-state index contributed by atoms with van der Waals surface area (Å²) in [6.07, 6.45) is 0. The van der Waals surface area contributed by atoms with Crippen LogP contribution in [0.3, 0.4) is 0 Å². The molecule has 0 fully saturated rings. The normalized spacial score (nSPS) is 12.5. The van der Waals surface area contributed by atoms with Gasteiger partial charge in [0.1, 0.15) is 0 Å². The standard InChI is InChI=1S/C18H22N2O4S/c1-13-7-9-16(10-8-13)20(3)25(23,24)17-6-4-5-15(11-17)18(22)19-14(2)12-21/h4-11,14,21H,12H2,1-3H3,(H,19,22). The van der Waals surface area contributed by atoms with E-state index in [1.165, 1.54) is 35.6 Å². The van der Waals surface area contributed by atoms with E-state index in [1.807, 2.05) is 19.1 Å². The van der Waals surface area contributed by atoms with Crippen LogP contribution in [-0.2, 0) is 10.0 Å². The number of nitrogens with one attached hydrogen (secondary N) is 1. The number of anilines is 1. The van der Waals surface area contributed by atoms with Gasteiger partial charge in [-0.15, -0.1) is 0 Å². The molecule has 0 saturated heterocycles. The van der Waals surface area contributed by atoms with Crippen LogP contribution in [0.15, 0.2) is 53.4 Å². The fourth-order valence-electron chi connectivity index (χ4n) is 2.20. The Morgan fingerprint density at radius 1 is 1.20 bits per heavy atom. The molecule has 2 aromatic carbocycles. The van der Waals surface area contributed by atoms with Crippen LogP contribution in [0, 0.1) is 6.92 Å². The lowest BCUT2D eigenvalue weighted by molar-refractivity contribution is 0.0922. The van der Waals surface area contributed by atoms with E-state index in [9.17, 15) is 13.2 Å². The molecule has 1 atom stereocenters. The molecule has 0 radical (unpaired) electrons. The molecule has 1 amide bonds. The van der Waals surface area contributed by atoms with Gasteiger partial charge >= 0.3 is 0 Å². The molecule has 0 aliphatic heterocycles. The number of nitrogens with zero attached hydrogens (tertiary/aromatic N) is 1. The van der Waals surface area contributed by atoms with Crippen LogP contribution in [0.25, 0.3) is 0 Å². The second-order valence-electron chi connectivity index (χ2n) is 5.89. The molecule has 7 heteroatoms. The molecule has 0 aliphatic rings. The first-order valence-electron chi connectivity index (χ1n) is 7.83. The van der Waals surface area contributed by atoms with Crippen molar-refractivity contribution < 1.29 is 18.3 Å². The highest BCUT2D eigenvalue weighted by atomic mass is 32.2. The van der Waals surface area contributed by atoms with Gasteiger partial charge < -0.3 is 10.4 Å². The van der Waals surface area contributed by atoms with Gasteiger partial charge in [-0.25, -0.2) is 8.42 Å². The van der Waals surface area contributed by atoms with Crippen LogP contribution in [0.1, 0.15) is 22.8 Å². The number of sulfonamides is 1. The van der Waals surface area contributed by atoms with Gasteiger partial charge in [0.25, 0.3) is 15.9 Å². The summed E-state index contributed by atoms with van der Waals surface area (Å²) in [6.45, 7) is 3.39. The summed E-state index contributed by atoms with van der Waals surface area (Å²) in [5, 5.41) is 11.6. The Morgan fingerprint density at radius 2 is 1.84 bits per heavy atom. The molecule has 1 unspecified atom stereocenters. The van der Waals surface area contributed by atoms with Crippen LogP contribution in [-0.4, -0.2) is 39.1 Å². The average molecular weight is 362 g/mol. The predicted molar refractivity (Wildman–Crippen MR) is 97.2 cm³/mol. The number of aryl methyl sites for hydroxylation is 1. The first kappa shape index (κ1) is 19.0. The summed E-state index contributed by atoms with van der Waals surface area (Å²) in [5.41, 5.74) is 1.79. The molecule has 2 aromatic rings. The van der Waals surface area contributed by atoms with Gasteiger partial charge in [-0.2, -0.15) is 0 Å². The van der Waals surface area contributed by atoms with Crippen molar-refractivity contribution in [1.82, 2.24) is 5.32 Å². The summed E-state index contributed by atoms with van der Waals surface area (Å²) in [7, 11) is -2.32. The lowest BCUT2D eigenvalue weighted by Gasteiger charge is -2.20. The highest BCUT2D eigenvalue weighted by Crippen LogP contribution is 2.23. The first-order valence-corrected chi connectivity index (χ1v) is 9.27. The van der Waals surface area contributed by atoms with Crippen molar-refractivity contribution in [2.45, 2.75) is 24.8 Å². The van der Waals surface area contributed by atoms with Gasteiger partial charge in [-0.1, -0.05) is 23.8 Å². The average Bonchev–Trinajstić information content (AvgIpc) is 2.61. The molecule has 0 heterocycles. The molecule has 25 heavy (non-hydrogen) atoms. The summed E-state index contributed by atoms with van der Waals surface area (Å²) >= 11 is 0. The molecule has 2 N–H and O–H groups in total. The third-order valence-corrected chi connectivity index (χ3v) is 5.59. The third kappa shape index (κ3) is 4.37. The van der Waals surface area contributed by atoms with E-state index < -0.39 is 22.0 Å². The van der Waals surface area contributed by atoms with E-state index in [4.69, 9.17) is 5.11 Å². The van der Waals surface area contributed by atoms with Crippen molar-refractivity contribution in [3.8, 4) is 0 Å². The fraction of sp³-hybridized carbons (Fsp3) is 0.278. The maximum absolute atomic E-state index is 12.8. The van der Waals surface area contributed by atoms with E-state index in [1.54, 1.807) is 19.1 Å². The monoisotopic (exact) mass is 362 g/mol. The number of aliphatic hydroxyl groups excluding tert-OH is 1. The van der Waals surface area contributed by atoms with Gasteiger partial charge in [-0.05, 0) is 44.2 Å². The van der Waals surface area contributed by atoms with Crippen molar-refractivity contribution in [2.75, 3.05) is 18.0 Å². The zero-order chi connectivity index (χ0) is 18.6. The minimum Gasteiger partial charge on any atom is -0.394 e. The van der Waals surface area contributed by atoms with Gasteiger partial charge in [0.05, 0.1) is 17.2 Å². The van der Waals surface area contributed by atoms with Gasteiger partial charge in [-0.3, -0.25) is 9.10 Å². The molecule has 0 saturated carbocycles. The SMILES string of the molecule is Cc1ccc(N(C)S(=O)(=O)c2cccc(C(=O)NC(C)CO)c2)cc1. The lowest BCUT2D eigenvalue weighted by atomic mass is 10.2. The number of hydrogen-bond acceptors (Lipinski definition) is 4. The smallest absolute Gasteiger partial charge is 0.264 e. The van der Waals surface area contributed by atoms with E-state index >= 15 is 0 Å². The summed E-state index contributed by atoms with van der Waals surface area (Å²) in [5.74, 6) is -0.434. The Hall–Kier alpha value is -2.38. The molecular formula is C18H22N2O4S. The molecule has 0 aliphatic carbocycles. The Labute approximate surface area is 148 Å². The second-order valence-corrected chi connectivity index (χ2v) is 7.86. The second kappa shape index (κ2) is 7.67. The number of rotatable bonds is 6. The third-order valence-electron chi connectivity index (χ3n) is 3.80. The van der Waals surface area contributed by atoms with Crippen LogP contribution < -0.4 is 9.62 Å². The number of aliphatic hydroxyl groups is 1. The minimum atomic E-state index is -3.79. The van der Waals surface area contributed by atoms with E-state index in [0.717, 1.165) is 5.56 Å². The number of carbonyl (C=O) groups excluding carboxylic acids is 1. The largest absolute Gasteiger partial charge is 0.394 e. The van der Waals surface area contributed by atoms with Crippen LogP contribution >= 0.6 is 0 Å². The van der Waals surface area contributed by atoms with E-state index in [0.29, 0.717) is 5.69 Å². The lowest BCUT2D eigenvalue weighted by Crippen LogP contribution is -2.35. The Balaban J connectivity index is 2.32. The molecular weight excluding hydrogens is 340 g/mol. The summed E-state index contributed by atoms with van der Waals surface area (Å²) in [4.78, 5) is 12.2. The van der Waals surface area contributed by atoms with Crippen LogP contribution in [0.2, 0.25) is 0 Å². The molecule has 0 aromatic heterocycles. The van der Waals surface area contributed by atoms with Crippen molar-refractivity contribution in [3.05, 3.63) is 59.7 Å². The van der Waals surface area contributed by atoms with E-state index in [-0.39, 0.29) is 17.1 Å². The van der Waals surface area contributed by atoms with Crippen molar-refractivity contribution in [2.24, 2.45) is 0 Å². The number of hydrogen-bond donors (Lipinski definition) is 2. The number of carbonyl (C=O) groups is 1. The zero-order valence-corrected chi connectivity index (χ0v) is 15.2. The molecule has 2 rings (SSSR count). The van der Waals surface area contributed by atoms with Gasteiger partial charge in [0.15, 0.2) is 0 Å². The van der Waals surface area contributed by atoms with Gasteiger partial charge in [0, 0.05) is 18.7 Å². The van der Waals surface area contributed by atoms with Crippen LogP contribution in [0.5, 0.6) is 0 Å². The molecule has 0 spiro atoms. The number of amides is 1. The van der Waals surface area contributed by atoms with Crippen molar-refractivity contribution in [1.29, 1.82) is 0 Å². The number of benzene rings is 2. The van der Waals surface area contributed by atoms with E-state index in [2.05, 4.69) is 5.32 Å². The molecule has 6 nitrogen and oxygen atoms in total. The Kier molecular flexibility index (Phi) is 5.81. The zero-order valence-electron chi connectivity index (χ0n) is 14.4. The van der Waals surface area contributed by atoms with Crippen molar-refractivity contribution >= 4 is 21.6 Å². The van der Waals surface area contributed by atoms with Crippen LogP contribution in [0.4, 0.5) is 5.69 Å². The maximum Gasteiger partial charge on any atom is 0.264 e. The fourth-order valence-corrected chi connectivity index (χ4v) is 3.44. The molecule has 0 bridgehead atoms. The minimum absolute atomic E-state index is 0.0277.